The monoisotopic (exact) mass is 561 g/mol. The van der Waals surface area contributed by atoms with Crippen LogP contribution in [0.15, 0.2) is 59.1 Å². The summed E-state index contributed by atoms with van der Waals surface area (Å²) < 4.78 is 12.8. The molecule has 0 aliphatic carbocycles. The first-order valence-electron chi connectivity index (χ1n) is 11.2. The van der Waals surface area contributed by atoms with Gasteiger partial charge in [-0.1, -0.05) is 57.3 Å². The van der Waals surface area contributed by atoms with E-state index in [9.17, 15) is 0 Å². The van der Waals surface area contributed by atoms with Gasteiger partial charge in [0, 0.05) is 33.0 Å². The van der Waals surface area contributed by atoms with Crippen LogP contribution in [0, 0.1) is 0 Å². The molecule has 0 atom stereocenters. The Bertz CT molecular complexity index is 1230. The van der Waals surface area contributed by atoms with Gasteiger partial charge in [0.1, 0.15) is 12.4 Å². The molecule has 4 rings (SSSR count). The highest BCUT2D eigenvalue weighted by Crippen LogP contribution is 2.35. The Kier molecular flexibility index (Phi) is 8.73. The number of aryl methyl sites for hydroxylation is 1. The maximum absolute atomic E-state index is 6.28. The van der Waals surface area contributed by atoms with Crippen LogP contribution >= 0.6 is 39.1 Å². The minimum atomic E-state index is 0.321. The first kappa shape index (κ1) is 24.9. The second kappa shape index (κ2) is 11.9. The van der Waals surface area contributed by atoms with E-state index in [4.69, 9.17) is 32.7 Å². The highest BCUT2D eigenvalue weighted by Gasteiger charge is 2.12. The molecular formula is C26H26BrCl2N3O2. The molecule has 0 unspecified atom stereocenters. The predicted octanol–water partition coefficient (Wildman–Crippen LogP) is 7.33. The number of fused-ring (bicyclic) bond motifs is 1. The van der Waals surface area contributed by atoms with Crippen molar-refractivity contribution in [2.75, 3.05) is 13.2 Å². The van der Waals surface area contributed by atoms with Gasteiger partial charge in [-0.2, -0.15) is 0 Å². The van der Waals surface area contributed by atoms with Gasteiger partial charge in [0.15, 0.2) is 11.5 Å². The summed E-state index contributed by atoms with van der Waals surface area (Å²) in [6.07, 6.45) is 1.88. The van der Waals surface area contributed by atoms with Crippen molar-refractivity contribution in [2.45, 2.75) is 32.9 Å². The number of hydrogen-bond acceptors (Lipinski definition) is 4. The molecule has 2 N–H and O–H groups in total. The van der Waals surface area contributed by atoms with Gasteiger partial charge in [-0.3, -0.25) is 0 Å². The van der Waals surface area contributed by atoms with Gasteiger partial charge in [-0.05, 0) is 61.9 Å². The van der Waals surface area contributed by atoms with Gasteiger partial charge in [0.2, 0.25) is 0 Å². The molecule has 34 heavy (non-hydrogen) atoms. The van der Waals surface area contributed by atoms with Crippen LogP contribution in [0.2, 0.25) is 10.0 Å². The Hall–Kier alpha value is -2.25. The second-order valence-corrected chi connectivity index (χ2v) is 9.53. The molecule has 8 heteroatoms. The molecule has 0 saturated heterocycles. The van der Waals surface area contributed by atoms with E-state index in [2.05, 4.69) is 37.3 Å². The number of H-pyrrole nitrogens is 1. The zero-order valence-electron chi connectivity index (χ0n) is 18.8. The van der Waals surface area contributed by atoms with Gasteiger partial charge in [0.05, 0.1) is 17.6 Å². The van der Waals surface area contributed by atoms with E-state index in [-0.39, 0.29) is 0 Å². The van der Waals surface area contributed by atoms with Gasteiger partial charge in [-0.15, -0.1) is 0 Å². The van der Waals surface area contributed by atoms with Crippen molar-refractivity contribution in [1.29, 1.82) is 0 Å². The molecule has 3 aromatic carbocycles. The second-order valence-electron chi connectivity index (χ2n) is 7.83. The van der Waals surface area contributed by atoms with Crippen LogP contribution in [0.25, 0.3) is 11.0 Å². The first-order chi connectivity index (χ1) is 16.5. The maximum Gasteiger partial charge on any atom is 0.162 e. The van der Waals surface area contributed by atoms with Crippen LogP contribution < -0.4 is 14.8 Å². The van der Waals surface area contributed by atoms with Crippen LogP contribution in [0.1, 0.15) is 30.3 Å². The number of benzene rings is 3. The molecule has 178 valence electrons. The van der Waals surface area contributed by atoms with E-state index in [1.54, 1.807) is 12.1 Å². The number of halogens is 3. The maximum atomic E-state index is 6.28. The van der Waals surface area contributed by atoms with Crippen molar-refractivity contribution in [3.8, 4) is 11.5 Å². The van der Waals surface area contributed by atoms with Crippen LogP contribution in [0.3, 0.4) is 0 Å². The Morgan fingerprint density at radius 1 is 1.00 bits per heavy atom. The fourth-order valence-electron chi connectivity index (χ4n) is 3.62. The Balaban J connectivity index is 1.32. The zero-order valence-corrected chi connectivity index (χ0v) is 21.9. The van der Waals surface area contributed by atoms with Crippen molar-refractivity contribution in [3.05, 3.63) is 86.1 Å². The lowest BCUT2D eigenvalue weighted by Crippen LogP contribution is -2.16. The minimum Gasteiger partial charge on any atom is -0.490 e. The van der Waals surface area contributed by atoms with E-state index in [1.165, 1.54) is 0 Å². The summed E-state index contributed by atoms with van der Waals surface area (Å²) in [6.45, 7) is 4.41. The van der Waals surface area contributed by atoms with Gasteiger partial charge >= 0.3 is 0 Å². The van der Waals surface area contributed by atoms with E-state index >= 15 is 0 Å². The predicted molar refractivity (Wildman–Crippen MR) is 142 cm³/mol. The highest BCUT2D eigenvalue weighted by molar-refractivity contribution is 9.10. The number of nitrogens with zero attached hydrogens (tertiary/aromatic N) is 1. The standard InChI is InChI=1S/C26H26BrCl2N3O2/c1-2-33-24-12-18(15-30-11-5-8-26-31-22-6-3-4-7-23(22)32-26)20(27)14-25(24)34-16-17-9-10-19(28)13-21(17)29/h3-4,6-7,9-10,12-14,30H,2,5,8,11,15-16H2,1H3,(H,31,32). The normalized spacial score (nSPS) is 11.2. The molecule has 0 bridgehead atoms. The Morgan fingerprint density at radius 3 is 2.62 bits per heavy atom. The summed E-state index contributed by atoms with van der Waals surface area (Å²) in [5.41, 5.74) is 4.06. The fraction of sp³-hybridized carbons (Fsp3) is 0.269. The molecule has 0 fully saturated rings. The molecule has 0 radical (unpaired) electrons. The number of nitrogens with one attached hydrogen (secondary N) is 2. The molecule has 0 spiro atoms. The van der Waals surface area contributed by atoms with Gasteiger partial charge in [-0.25, -0.2) is 4.98 Å². The number of hydrogen-bond donors (Lipinski definition) is 2. The lowest BCUT2D eigenvalue weighted by Gasteiger charge is -2.16. The molecule has 5 nitrogen and oxygen atoms in total. The van der Waals surface area contributed by atoms with Crippen molar-refractivity contribution in [3.63, 3.8) is 0 Å². The Morgan fingerprint density at radius 2 is 1.82 bits per heavy atom. The number of ether oxygens (including phenoxy) is 2. The van der Waals surface area contributed by atoms with E-state index in [0.717, 1.165) is 51.8 Å². The summed E-state index contributed by atoms with van der Waals surface area (Å²) in [5.74, 6) is 2.38. The Labute approximate surface area is 217 Å². The molecule has 1 heterocycles. The highest BCUT2D eigenvalue weighted by atomic mass is 79.9. The van der Waals surface area contributed by atoms with Crippen LogP contribution in [0.4, 0.5) is 0 Å². The lowest BCUT2D eigenvalue weighted by molar-refractivity contribution is 0.269. The van der Waals surface area contributed by atoms with Crippen molar-refractivity contribution in [1.82, 2.24) is 15.3 Å². The molecule has 0 amide bonds. The van der Waals surface area contributed by atoms with E-state index in [1.807, 2.05) is 43.3 Å². The zero-order chi connectivity index (χ0) is 23.9. The van der Waals surface area contributed by atoms with Crippen molar-refractivity contribution in [2.24, 2.45) is 0 Å². The van der Waals surface area contributed by atoms with Crippen molar-refractivity contribution < 1.29 is 9.47 Å². The number of aromatic nitrogens is 2. The van der Waals surface area contributed by atoms with E-state index in [0.29, 0.717) is 41.3 Å². The van der Waals surface area contributed by atoms with Gasteiger partial charge in [0.25, 0.3) is 0 Å². The summed E-state index contributed by atoms with van der Waals surface area (Å²) >= 11 is 15.9. The van der Waals surface area contributed by atoms with Crippen LogP contribution in [-0.2, 0) is 19.6 Å². The largest absolute Gasteiger partial charge is 0.490 e. The first-order valence-corrected chi connectivity index (χ1v) is 12.7. The molecule has 0 saturated carbocycles. The molecule has 1 aromatic heterocycles. The smallest absolute Gasteiger partial charge is 0.162 e. The summed E-state index contributed by atoms with van der Waals surface area (Å²) in [7, 11) is 0. The third kappa shape index (κ3) is 6.45. The number of rotatable bonds is 11. The topological polar surface area (TPSA) is 59.2 Å². The average molecular weight is 563 g/mol. The summed E-state index contributed by atoms with van der Waals surface area (Å²) in [4.78, 5) is 8.02. The average Bonchev–Trinajstić information content (AvgIpc) is 3.23. The number of para-hydroxylation sites is 2. The van der Waals surface area contributed by atoms with Crippen LogP contribution in [-0.4, -0.2) is 23.1 Å². The number of aromatic amines is 1. The van der Waals surface area contributed by atoms with Gasteiger partial charge < -0.3 is 19.8 Å². The molecule has 0 aliphatic rings. The third-order valence-electron chi connectivity index (χ3n) is 5.33. The summed E-state index contributed by atoms with van der Waals surface area (Å²) in [6, 6.07) is 17.4. The SMILES string of the molecule is CCOc1cc(CNCCCc2nc3ccccc3[nH]2)c(Br)cc1OCc1ccc(Cl)cc1Cl. The molecule has 4 aromatic rings. The van der Waals surface area contributed by atoms with Crippen molar-refractivity contribution >= 4 is 50.2 Å². The fourth-order valence-corrected chi connectivity index (χ4v) is 4.54. The minimum absolute atomic E-state index is 0.321. The summed E-state index contributed by atoms with van der Waals surface area (Å²) in [5, 5.41) is 4.68. The number of imidazole rings is 1. The quantitative estimate of drug-likeness (QED) is 0.188. The molecular weight excluding hydrogens is 537 g/mol. The molecule has 0 aliphatic heterocycles. The van der Waals surface area contributed by atoms with E-state index < -0.39 is 0 Å². The third-order valence-corrected chi connectivity index (χ3v) is 6.66. The lowest BCUT2D eigenvalue weighted by atomic mass is 10.2. The van der Waals surface area contributed by atoms with Crippen LogP contribution in [0.5, 0.6) is 11.5 Å².